The first-order valence-corrected chi connectivity index (χ1v) is 1.61. The Kier molecular flexibility index (Phi) is 10.9. The Morgan fingerprint density at radius 2 is 2.14 bits per heavy atom. The average Bonchev–Trinajstić information content (AvgIpc) is 1.35. The summed E-state index contributed by atoms with van der Waals surface area (Å²) in [5, 5.41) is 9.40. The molecular formula is C4H5O2Rb. The largest absolute Gasteiger partial charge is 1.00 e. The number of rotatable bonds is 1. The molecule has 0 aliphatic rings. The Balaban J connectivity index is 0. The van der Waals surface area contributed by atoms with E-state index >= 15 is 0 Å². The number of aliphatic carboxylic acids is 1. The van der Waals surface area contributed by atoms with Crippen molar-refractivity contribution in [3.63, 3.8) is 0 Å². The number of carbonyl (C=O) groups is 1. The van der Waals surface area contributed by atoms with Crippen LogP contribution in [0.25, 0.3) is 0 Å². The van der Waals surface area contributed by atoms with Crippen LogP contribution in [0.4, 0.5) is 0 Å². The monoisotopic (exact) mass is 170 g/mol. The molecule has 0 saturated heterocycles. The maximum Gasteiger partial charge on any atom is 1.00 e. The summed E-state index contributed by atoms with van der Waals surface area (Å²) in [4.78, 5) is 9.40. The Labute approximate surface area is 91.4 Å². The molecule has 3 heteroatoms. The standard InChI is InChI=1S/C4H6O2.Rb/c1-2-3-4(5)6;/h2-3H,1H3,(H,5,6);/q;+1/p-1/b3-2+;. The molecule has 0 fully saturated rings. The van der Waals surface area contributed by atoms with Crippen molar-refractivity contribution in [2.45, 2.75) is 6.92 Å². The van der Waals surface area contributed by atoms with E-state index in [1.165, 1.54) is 6.08 Å². The van der Waals surface area contributed by atoms with Gasteiger partial charge in [-0.1, -0.05) is 6.08 Å². The molecule has 0 aromatic heterocycles. The molecule has 0 saturated carbocycles. The zero-order valence-corrected chi connectivity index (χ0v) is 9.39. The molecule has 0 bridgehead atoms. The van der Waals surface area contributed by atoms with Gasteiger partial charge in [-0.05, 0) is 13.0 Å². The van der Waals surface area contributed by atoms with Crippen molar-refractivity contribution in [1.29, 1.82) is 0 Å². The SMILES string of the molecule is C/C=C/C(=O)[O-].[Rb+]. The van der Waals surface area contributed by atoms with Crippen molar-refractivity contribution in [3.05, 3.63) is 12.2 Å². The first kappa shape index (κ1) is 10.9. The molecule has 2 nitrogen and oxygen atoms in total. The van der Waals surface area contributed by atoms with Gasteiger partial charge in [-0.2, -0.15) is 0 Å². The Morgan fingerprint density at radius 1 is 1.71 bits per heavy atom. The van der Waals surface area contributed by atoms with Gasteiger partial charge in [0.15, 0.2) is 0 Å². The first-order chi connectivity index (χ1) is 2.77. The van der Waals surface area contributed by atoms with E-state index in [1.807, 2.05) is 0 Å². The molecule has 7 heavy (non-hydrogen) atoms. The van der Waals surface area contributed by atoms with Crippen LogP contribution in [0.3, 0.4) is 0 Å². The fourth-order valence-corrected chi connectivity index (χ4v) is 0.136. The van der Waals surface area contributed by atoms with E-state index in [0.717, 1.165) is 6.08 Å². The summed E-state index contributed by atoms with van der Waals surface area (Å²) < 4.78 is 0. The Bertz CT molecular complexity index is 77.8. The molecule has 0 aromatic rings. The fourth-order valence-electron chi connectivity index (χ4n) is 0.136. The predicted molar refractivity (Wildman–Crippen MR) is 19.8 cm³/mol. The minimum atomic E-state index is -1.14. The van der Waals surface area contributed by atoms with Crippen molar-refractivity contribution in [2.75, 3.05) is 0 Å². The molecule has 0 radical (unpaired) electrons. The smallest absolute Gasteiger partial charge is 0.545 e. The third-order valence-corrected chi connectivity index (χ3v) is 0.303. The topological polar surface area (TPSA) is 40.1 Å². The third kappa shape index (κ3) is 10.9. The summed E-state index contributed by atoms with van der Waals surface area (Å²) in [6, 6.07) is 0. The third-order valence-electron chi connectivity index (χ3n) is 0.303. The molecule has 0 aliphatic carbocycles. The second kappa shape index (κ2) is 7.02. The van der Waals surface area contributed by atoms with E-state index < -0.39 is 5.97 Å². The molecular weight excluding hydrogens is 166 g/mol. The summed E-state index contributed by atoms with van der Waals surface area (Å²) in [6.07, 6.45) is 2.38. The van der Waals surface area contributed by atoms with E-state index in [-0.39, 0.29) is 58.2 Å². The summed E-state index contributed by atoms with van der Waals surface area (Å²) in [5.74, 6) is -1.14. The molecule has 34 valence electrons. The minimum absolute atomic E-state index is 0. The van der Waals surface area contributed by atoms with Gasteiger partial charge in [0.1, 0.15) is 0 Å². The van der Waals surface area contributed by atoms with Crippen LogP contribution in [0, 0.1) is 0 Å². The predicted octanol–water partition coefficient (Wildman–Crippen LogP) is -3.68. The van der Waals surface area contributed by atoms with Crippen molar-refractivity contribution >= 4 is 5.97 Å². The Hall–Kier alpha value is 1.02. The van der Waals surface area contributed by atoms with Gasteiger partial charge in [0.2, 0.25) is 0 Å². The summed E-state index contributed by atoms with van der Waals surface area (Å²) in [5.41, 5.74) is 0. The molecule has 0 aliphatic heterocycles. The maximum absolute atomic E-state index is 9.40. The van der Waals surface area contributed by atoms with Gasteiger partial charge in [-0.15, -0.1) is 0 Å². The van der Waals surface area contributed by atoms with Crippen LogP contribution >= 0.6 is 0 Å². The molecule has 0 unspecified atom stereocenters. The van der Waals surface area contributed by atoms with Crippen molar-refractivity contribution < 1.29 is 68.1 Å². The van der Waals surface area contributed by atoms with E-state index in [1.54, 1.807) is 6.92 Å². The van der Waals surface area contributed by atoms with Crippen LogP contribution in [0.15, 0.2) is 12.2 Å². The van der Waals surface area contributed by atoms with Crippen LogP contribution in [0.1, 0.15) is 6.92 Å². The molecule has 0 heterocycles. The van der Waals surface area contributed by atoms with Gasteiger partial charge in [0.05, 0.1) is 5.97 Å². The number of carbonyl (C=O) groups excluding carboxylic acids is 1. The fraction of sp³-hybridized carbons (Fsp3) is 0.250. The molecule has 0 amide bonds. The van der Waals surface area contributed by atoms with Crippen LogP contribution in [0.2, 0.25) is 0 Å². The molecule has 0 N–H and O–H groups in total. The molecule has 0 atom stereocenters. The van der Waals surface area contributed by atoms with Gasteiger partial charge in [0.25, 0.3) is 0 Å². The van der Waals surface area contributed by atoms with Crippen LogP contribution < -0.4 is 63.3 Å². The Morgan fingerprint density at radius 3 is 2.14 bits per heavy atom. The number of allylic oxidation sites excluding steroid dienone is 1. The zero-order valence-electron chi connectivity index (χ0n) is 4.47. The molecule has 0 spiro atoms. The minimum Gasteiger partial charge on any atom is -0.545 e. The average molecular weight is 171 g/mol. The summed E-state index contributed by atoms with van der Waals surface area (Å²) in [6.45, 7) is 1.62. The van der Waals surface area contributed by atoms with Crippen LogP contribution in [0.5, 0.6) is 0 Å². The maximum atomic E-state index is 9.40. The van der Waals surface area contributed by atoms with Gasteiger partial charge in [-0.25, -0.2) is 0 Å². The van der Waals surface area contributed by atoms with E-state index in [0.29, 0.717) is 0 Å². The number of hydrogen-bond acceptors (Lipinski definition) is 2. The van der Waals surface area contributed by atoms with E-state index in [9.17, 15) is 9.90 Å². The van der Waals surface area contributed by atoms with Crippen molar-refractivity contribution in [3.8, 4) is 0 Å². The van der Waals surface area contributed by atoms with Crippen molar-refractivity contribution in [1.82, 2.24) is 0 Å². The van der Waals surface area contributed by atoms with Gasteiger partial charge in [-0.3, -0.25) is 0 Å². The van der Waals surface area contributed by atoms with Gasteiger partial charge >= 0.3 is 58.2 Å². The normalized spacial score (nSPS) is 8.14. The van der Waals surface area contributed by atoms with Crippen LogP contribution in [-0.4, -0.2) is 5.97 Å². The summed E-state index contributed by atoms with van der Waals surface area (Å²) in [7, 11) is 0. The first-order valence-electron chi connectivity index (χ1n) is 1.61. The number of hydrogen-bond donors (Lipinski definition) is 0. The molecule has 0 aromatic carbocycles. The van der Waals surface area contributed by atoms with E-state index in [2.05, 4.69) is 0 Å². The van der Waals surface area contributed by atoms with Crippen molar-refractivity contribution in [2.24, 2.45) is 0 Å². The zero-order chi connectivity index (χ0) is 4.99. The van der Waals surface area contributed by atoms with Crippen LogP contribution in [-0.2, 0) is 4.79 Å². The van der Waals surface area contributed by atoms with Gasteiger partial charge < -0.3 is 9.90 Å². The second-order valence-electron chi connectivity index (χ2n) is 0.819. The van der Waals surface area contributed by atoms with E-state index in [4.69, 9.17) is 0 Å². The second-order valence-corrected chi connectivity index (χ2v) is 0.819. The summed E-state index contributed by atoms with van der Waals surface area (Å²) >= 11 is 0. The number of carboxylic acids is 1. The molecule has 0 rings (SSSR count). The quantitative estimate of drug-likeness (QED) is 0.381. The number of carboxylic acid groups (broad SMARTS) is 1. The van der Waals surface area contributed by atoms with Gasteiger partial charge in [0, 0.05) is 0 Å².